The molecule has 0 amide bonds. The minimum atomic E-state index is -0.648. The highest BCUT2D eigenvalue weighted by Crippen LogP contribution is 2.37. The van der Waals surface area contributed by atoms with Gasteiger partial charge >= 0.3 is 17.9 Å². The first-order chi connectivity index (χ1) is 27.6. The Morgan fingerprint density at radius 3 is 0.930 bits per heavy atom. The predicted octanol–water partition coefficient (Wildman–Crippen LogP) is 15.3. The standard InChI is InChI=1S/C51H96O6/c1-43(2)34-28-22-16-10-7-13-19-25-31-39-55-49(52)46-37-38-47(50(53)56-40-32-26-20-14-8-11-17-23-29-35-44(3)4)48(42-46)51(54)57-41-33-27-21-15-9-12-18-24-30-36-45(5)6/h43-48H,7-42H2,1-6H3. The zero-order valence-corrected chi connectivity index (χ0v) is 38.9. The molecule has 0 radical (unpaired) electrons. The maximum Gasteiger partial charge on any atom is 0.309 e. The molecule has 6 nitrogen and oxygen atoms in total. The van der Waals surface area contributed by atoms with E-state index >= 15 is 0 Å². The Kier molecular flexibility index (Phi) is 35.1. The molecule has 0 aromatic heterocycles. The molecule has 0 aromatic rings. The largest absolute Gasteiger partial charge is 0.465 e. The lowest BCUT2D eigenvalue weighted by Crippen LogP contribution is -2.40. The van der Waals surface area contributed by atoms with E-state index in [1.54, 1.807) is 0 Å². The molecule has 1 saturated carbocycles. The average molecular weight is 805 g/mol. The molecule has 0 N–H and O–H groups in total. The molecule has 1 fully saturated rings. The third-order valence-electron chi connectivity index (χ3n) is 12.3. The minimum absolute atomic E-state index is 0.225. The van der Waals surface area contributed by atoms with Gasteiger partial charge in [0.15, 0.2) is 0 Å². The van der Waals surface area contributed by atoms with Crippen LogP contribution in [0, 0.1) is 35.5 Å². The normalized spacial score (nSPS) is 17.1. The highest BCUT2D eigenvalue weighted by molar-refractivity contribution is 5.83. The van der Waals surface area contributed by atoms with E-state index in [-0.39, 0.29) is 23.8 Å². The van der Waals surface area contributed by atoms with E-state index in [4.69, 9.17) is 14.2 Å². The number of carbonyl (C=O) groups excluding carboxylic acids is 3. The van der Waals surface area contributed by atoms with Crippen LogP contribution in [0.2, 0.25) is 0 Å². The first-order valence-electron chi connectivity index (χ1n) is 25.1. The van der Waals surface area contributed by atoms with Crippen molar-refractivity contribution in [2.24, 2.45) is 35.5 Å². The molecule has 0 aliphatic heterocycles. The quantitative estimate of drug-likeness (QED) is 0.0350. The van der Waals surface area contributed by atoms with E-state index < -0.39 is 11.8 Å². The van der Waals surface area contributed by atoms with Gasteiger partial charge in [0, 0.05) is 0 Å². The van der Waals surface area contributed by atoms with Gasteiger partial charge in [-0.25, -0.2) is 0 Å². The Morgan fingerprint density at radius 2 is 0.614 bits per heavy atom. The Balaban J connectivity index is 2.42. The lowest BCUT2D eigenvalue weighted by Gasteiger charge is -2.32. The number of hydrogen-bond donors (Lipinski definition) is 0. The minimum Gasteiger partial charge on any atom is -0.465 e. The summed E-state index contributed by atoms with van der Waals surface area (Å²) < 4.78 is 17.3. The fraction of sp³-hybridized carbons (Fsp3) is 0.941. The van der Waals surface area contributed by atoms with E-state index in [0.29, 0.717) is 39.1 Å². The van der Waals surface area contributed by atoms with E-state index in [2.05, 4.69) is 41.5 Å². The Labute approximate surface area is 354 Å². The van der Waals surface area contributed by atoms with Crippen molar-refractivity contribution in [1.82, 2.24) is 0 Å². The fourth-order valence-electron chi connectivity index (χ4n) is 8.45. The van der Waals surface area contributed by atoms with Crippen LogP contribution in [-0.2, 0) is 28.6 Å². The van der Waals surface area contributed by atoms with Crippen LogP contribution in [0.25, 0.3) is 0 Å². The number of hydrogen-bond acceptors (Lipinski definition) is 6. The average Bonchev–Trinajstić information content (AvgIpc) is 3.18. The van der Waals surface area contributed by atoms with Crippen molar-refractivity contribution in [2.75, 3.05) is 19.8 Å². The summed E-state index contributed by atoms with van der Waals surface area (Å²) in [5.74, 6) is -0.0125. The predicted molar refractivity (Wildman–Crippen MR) is 240 cm³/mol. The molecule has 0 bridgehead atoms. The zero-order chi connectivity index (χ0) is 41.8. The Bertz CT molecular complexity index is 944. The molecule has 1 aliphatic rings. The van der Waals surface area contributed by atoms with Gasteiger partial charge in [0.1, 0.15) is 0 Å². The second-order valence-electron chi connectivity index (χ2n) is 19.3. The molecule has 3 atom stereocenters. The van der Waals surface area contributed by atoms with E-state index in [0.717, 1.165) is 62.7 Å². The van der Waals surface area contributed by atoms with Crippen LogP contribution in [-0.4, -0.2) is 37.7 Å². The molecule has 1 aliphatic carbocycles. The molecule has 6 heteroatoms. The molecule has 0 saturated heterocycles. The molecule has 336 valence electrons. The third-order valence-corrected chi connectivity index (χ3v) is 12.3. The second kappa shape index (κ2) is 37.4. The first-order valence-corrected chi connectivity index (χ1v) is 25.1. The molecule has 57 heavy (non-hydrogen) atoms. The van der Waals surface area contributed by atoms with Crippen LogP contribution in [0.5, 0.6) is 0 Å². The fourth-order valence-corrected chi connectivity index (χ4v) is 8.45. The highest BCUT2D eigenvalue weighted by atomic mass is 16.5. The van der Waals surface area contributed by atoms with Crippen molar-refractivity contribution >= 4 is 17.9 Å². The highest BCUT2D eigenvalue weighted by Gasteiger charge is 2.43. The first kappa shape index (κ1) is 53.4. The molecule has 3 unspecified atom stereocenters. The molecule has 0 heterocycles. The summed E-state index contributed by atoms with van der Waals surface area (Å²) in [6, 6.07) is 0. The number of carbonyl (C=O) groups is 3. The van der Waals surface area contributed by atoms with Gasteiger partial charge in [-0.2, -0.15) is 0 Å². The van der Waals surface area contributed by atoms with Gasteiger partial charge in [-0.3, -0.25) is 14.4 Å². The van der Waals surface area contributed by atoms with Crippen molar-refractivity contribution in [3.05, 3.63) is 0 Å². The molecular weight excluding hydrogens is 709 g/mol. The van der Waals surface area contributed by atoms with E-state index in [1.807, 2.05) is 0 Å². The summed E-state index contributed by atoms with van der Waals surface area (Å²) in [6.45, 7) is 15.0. The van der Waals surface area contributed by atoms with Crippen LogP contribution >= 0.6 is 0 Å². The summed E-state index contributed by atoms with van der Waals surface area (Å²) in [7, 11) is 0. The van der Waals surface area contributed by atoms with Crippen LogP contribution in [0.3, 0.4) is 0 Å². The number of ether oxygens (including phenoxy) is 3. The maximum absolute atomic E-state index is 13.5. The van der Waals surface area contributed by atoms with Gasteiger partial charge < -0.3 is 14.2 Å². The van der Waals surface area contributed by atoms with E-state index in [9.17, 15) is 14.4 Å². The topological polar surface area (TPSA) is 78.9 Å². The van der Waals surface area contributed by atoms with Crippen molar-refractivity contribution in [2.45, 2.75) is 253 Å². The van der Waals surface area contributed by atoms with Gasteiger partial charge in [-0.15, -0.1) is 0 Å². The maximum atomic E-state index is 13.5. The Morgan fingerprint density at radius 1 is 0.351 bits per heavy atom. The lowest BCUT2D eigenvalue weighted by atomic mass is 9.74. The Hall–Kier alpha value is -1.59. The van der Waals surface area contributed by atoms with Crippen molar-refractivity contribution in [3.8, 4) is 0 Å². The van der Waals surface area contributed by atoms with Crippen LogP contribution in [0.4, 0.5) is 0 Å². The van der Waals surface area contributed by atoms with Gasteiger partial charge in [0.25, 0.3) is 0 Å². The monoisotopic (exact) mass is 805 g/mol. The summed E-state index contributed by atoms with van der Waals surface area (Å²) >= 11 is 0. The van der Waals surface area contributed by atoms with Gasteiger partial charge in [0.05, 0.1) is 37.6 Å². The molecular formula is C51H96O6. The van der Waals surface area contributed by atoms with Gasteiger partial charge in [-0.05, 0) is 56.3 Å². The van der Waals surface area contributed by atoms with Crippen molar-refractivity contribution < 1.29 is 28.6 Å². The van der Waals surface area contributed by atoms with E-state index in [1.165, 1.54) is 148 Å². The van der Waals surface area contributed by atoms with Crippen molar-refractivity contribution in [3.63, 3.8) is 0 Å². The van der Waals surface area contributed by atoms with Crippen LogP contribution < -0.4 is 0 Å². The summed E-state index contributed by atoms with van der Waals surface area (Å²) in [4.78, 5) is 40.0. The summed E-state index contributed by atoms with van der Waals surface area (Å²) in [6.07, 6.45) is 38.3. The smallest absolute Gasteiger partial charge is 0.309 e. The summed E-state index contributed by atoms with van der Waals surface area (Å²) in [5.41, 5.74) is 0. The summed E-state index contributed by atoms with van der Waals surface area (Å²) in [5, 5.41) is 0. The lowest BCUT2D eigenvalue weighted by molar-refractivity contribution is -0.167. The van der Waals surface area contributed by atoms with Crippen LogP contribution in [0.1, 0.15) is 253 Å². The molecule has 0 spiro atoms. The molecule has 0 aromatic carbocycles. The number of esters is 3. The molecule has 1 rings (SSSR count). The van der Waals surface area contributed by atoms with Gasteiger partial charge in [0.2, 0.25) is 0 Å². The zero-order valence-electron chi connectivity index (χ0n) is 38.9. The third kappa shape index (κ3) is 31.9. The second-order valence-corrected chi connectivity index (χ2v) is 19.3. The number of rotatable bonds is 39. The van der Waals surface area contributed by atoms with Crippen LogP contribution in [0.15, 0.2) is 0 Å². The van der Waals surface area contributed by atoms with Crippen molar-refractivity contribution in [1.29, 1.82) is 0 Å². The number of unbranched alkanes of at least 4 members (excludes halogenated alkanes) is 24. The SMILES string of the molecule is CC(C)CCCCCCCCCCCOC(=O)C1CCC(C(=O)OCCCCCCCCCCCC(C)C)C(C(=O)OCCCCCCCCCCCC(C)C)C1. The van der Waals surface area contributed by atoms with Gasteiger partial charge in [-0.1, -0.05) is 215 Å².